The topological polar surface area (TPSA) is 53.2 Å². The average molecular weight is 415 g/mol. The Kier molecular flexibility index (Phi) is 4.12. The molecule has 1 aliphatic heterocycles. The Balaban J connectivity index is 1.85. The van der Waals surface area contributed by atoms with E-state index in [-0.39, 0.29) is 10.8 Å². The van der Waals surface area contributed by atoms with Gasteiger partial charge in [0.05, 0.1) is 10.6 Å². The number of nitrogens with one attached hydrogen (secondary N) is 1. The molecule has 1 atom stereocenters. The fraction of sp³-hybridized carbons (Fsp3) is 0.120. The van der Waals surface area contributed by atoms with E-state index in [4.69, 9.17) is 0 Å². The van der Waals surface area contributed by atoms with Gasteiger partial charge in [-0.25, -0.2) is 12.7 Å². The number of aromatic amines is 1. The lowest BCUT2D eigenvalue weighted by atomic mass is 9.86. The molecule has 0 fully saturated rings. The summed E-state index contributed by atoms with van der Waals surface area (Å²) in [5.74, 6) is 0.483. The van der Waals surface area contributed by atoms with Crippen LogP contribution in [0.5, 0.6) is 0 Å². The predicted octanol–water partition coefficient (Wildman–Crippen LogP) is 5.94. The number of anilines is 2. The third-order valence-electron chi connectivity index (χ3n) is 5.77. The van der Waals surface area contributed by atoms with E-state index in [1.54, 1.807) is 12.1 Å². The van der Waals surface area contributed by atoms with E-state index in [1.165, 1.54) is 4.31 Å². The fourth-order valence-corrected chi connectivity index (χ4v) is 5.82. The number of benzene rings is 3. The molecule has 4 nitrogen and oxygen atoms in total. The highest BCUT2D eigenvalue weighted by atomic mass is 32.2. The molecule has 0 saturated carbocycles. The highest BCUT2D eigenvalue weighted by Crippen LogP contribution is 2.50. The molecule has 0 spiro atoms. The monoisotopic (exact) mass is 414 g/mol. The van der Waals surface area contributed by atoms with Gasteiger partial charge < -0.3 is 4.98 Å². The molecule has 2 heterocycles. The van der Waals surface area contributed by atoms with Gasteiger partial charge in [0.2, 0.25) is 0 Å². The summed E-state index contributed by atoms with van der Waals surface area (Å²) in [5, 5.41) is 1.01. The van der Waals surface area contributed by atoms with Crippen molar-refractivity contribution in [1.29, 1.82) is 0 Å². The van der Waals surface area contributed by atoms with E-state index in [2.05, 4.69) is 29.8 Å². The summed E-state index contributed by atoms with van der Waals surface area (Å²) in [6.45, 7) is 8.03. The van der Waals surface area contributed by atoms with E-state index in [1.807, 2.05) is 56.3 Å². The van der Waals surface area contributed by atoms with Gasteiger partial charge in [-0.15, -0.1) is 6.58 Å². The molecule has 1 N–H and O–H groups in total. The summed E-state index contributed by atoms with van der Waals surface area (Å²) >= 11 is 0. The van der Waals surface area contributed by atoms with Crippen molar-refractivity contribution in [3.05, 3.63) is 102 Å². The summed E-state index contributed by atoms with van der Waals surface area (Å²) in [7, 11) is -3.83. The number of aromatic nitrogens is 1. The molecule has 0 aliphatic carbocycles. The average Bonchev–Trinajstić information content (AvgIpc) is 3.09. The first-order valence-corrected chi connectivity index (χ1v) is 11.3. The first-order chi connectivity index (χ1) is 14.4. The molecule has 150 valence electrons. The van der Waals surface area contributed by atoms with Crippen LogP contribution in [0.2, 0.25) is 0 Å². The second-order valence-electron chi connectivity index (χ2n) is 7.79. The second kappa shape index (κ2) is 6.61. The quantitative estimate of drug-likeness (QED) is 0.422. The van der Waals surface area contributed by atoms with Crippen molar-refractivity contribution in [2.75, 3.05) is 4.31 Å². The molecular weight excluding hydrogens is 392 g/mol. The second-order valence-corrected chi connectivity index (χ2v) is 9.58. The van der Waals surface area contributed by atoms with Gasteiger partial charge in [0.25, 0.3) is 10.0 Å². The maximum absolute atomic E-state index is 13.8. The van der Waals surface area contributed by atoms with Gasteiger partial charge in [0.15, 0.2) is 0 Å². The fourth-order valence-electron chi connectivity index (χ4n) is 4.32. The molecule has 5 heteroatoms. The van der Waals surface area contributed by atoms with Crippen molar-refractivity contribution in [3.8, 4) is 0 Å². The maximum atomic E-state index is 13.8. The molecule has 0 bridgehead atoms. The minimum absolute atomic E-state index is 0.0999. The van der Waals surface area contributed by atoms with Crippen LogP contribution in [-0.4, -0.2) is 13.4 Å². The Morgan fingerprint density at radius 1 is 0.967 bits per heavy atom. The zero-order chi connectivity index (χ0) is 21.0. The van der Waals surface area contributed by atoms with Crippen LogP contribution >= 0.6 is 0 Å². The van der Waals surface area contributed by atoms with E-state index in [0.29, 0.717) is 11.5 Å². The van der Waals surface area contributed by atoms with Crippen LogP contribution in [0.1, 0.15) is 28.2 Å². The molecule has 0 amide bonds. The van der Waals surface area contributed by atoms with Gasteiger partial charge in [-0.1, -0.05) is 54.1 Å². The molecule has 3 aromatic carbocycles. The van der Waals surface area contributed by atoms with E-state index >= 15 is 0 Å². The number of aryl methyl sites for hydroxylation is 2. The number of H-pyrrole nitrogens is 1. The maximum Gasteiger partial charge on any atom is 0.269 e. The minimum Gasteiger partial charge on any atom is -0.340 e. The molecular formula is C25H22N2O2S. The molecule has 5 rings (SSSR count). The summed E-state index contributed by atoms with van der Waals surface area (Å²) in [6.07, 6.45) is 1.89. The van der Waals surface area contributed by atoms with Crippen LogP contribution in [-0.2, 0) is 10.0 Å². The Morgan fingerprint density at radius 2 is 1.67 bits per heavy atom. The molecule has 1 aromatic heterocycles. The first kappa shape index (κ1) is 18.7. The summed E-state index contributed by atoms with van der Waals surface area (Å²) in [4.78, 5) is 3.66. The van der Waals surface area contributed by atoms with Gasteiger partial charge >= 0.3 is 0 Å². The molecule has 1 unspecified atom stereocenters. The zero-order valence-corrected chi connectivity index (χ0v) is 17.7. The molecule has 0 saturated heterocycles. The summed E-state index contributed by atoms with van der Waals surface area (Å²) in [5.41, 5.74) is 5.57. The van der Waals surface area contributed by atoms with E-state index in [0.717, 1.165) is 33.2 Å². The third kappa shape index (κ3) is 2.62. The van der Waals surface area contributed by atoms with Crippen LogP contribution in [0.25, 0.3) is 10.9 Å². The van der Waals surface area contributed by atoms with Crippen molar-refractivity contribution < 1.29 is 8.42 Å². The van der Waals surface area contributed by atoms with Gasteiger partial charge in [-0.3, -0.25) is 0 Å². The van der Waals surface area contributed by atoms with E-state index < -0.39 is 10.0 Å². The van der Waals surface area contributed by atoms with Crippen LogP contribution in [0.4, 0.5) is 11.5 Å². The lowest BCUT2D eigenvalue weighted by molar-refractivity contribution is 0.595. The van der Waals surface area contributed by atoms with Crippen LogP contribution in [0, 0.1) is 13.8 Å². The Labute approximate surface area is 176 Å². The van der Waals surface area contributed by atoms with E-state index in [9.17, 15) is 8.42 Å². The summed E-state index contributed by atoms with van der Waals surface area (Å²) in [6, 6.07) is 20.8. The molecule has 30 heavy (non-hydrogen) atoms. The van der Waals surface area contributed by atoms with Gasteiger partial charge in [-0.2, -0.15) is 0 Å². The number of hydrogen-bond donors (Lipinski definition) is 1. The van der Waals surface area contributed by atoms with Crippen molar-refractivity contribution in [1.82, 2.24) is 4.98 Å². The van der Waals surface area contributed by atoms with Gasteiger partial charge in [-0.05, 0) is 49.2 Å². The number of allylic oxidation sites excluding steroid dienone is 1. The van der Waals surface area contributed by atoms with Crippen LogP contribution < -0.4 is 4.31 Å². The number of rotatable bonds is 3. The molecule has 0 radical (unpaired) electrons. The number of sulfonamides is 1. The highest BCUT2D eigenvalue weighted by Gasteiger charge is 2.38. The Bertz CT molecular complexity index is 1400. The van der Waals surface area contributed by atoms with Crippen molar-refractivity contribution in [3.63, 3.8) is 0 Å². The number of hydrogen-bond acceptors (Lipinski definition) is 2. The number of para-hydroxylation sites is 1. The lowest BCUT2D eigenvalue weighted by Crippen LogP contribution is -2.31. The SMILES string of the molecule is C=CC1c2ccccc2N(S(=O)(=O)c2ccc(C)cc2)c2[nH]c3cc(C)ccc3c21. The number of fused-ring (bicyclic) bond motifs is 4. The largest absolute Gasteiger partial charge is 0.340 e. The Morgan fingerprint density at radius 3 is 2.40 bits per heavy atom. The van der Waals surface area contributed by atoms with Gasteiger partial charge in [0.1, 0.15) is 5.82 Å². The first-order valence-electron chi connectivity index (χ1n) is 9.87. The number of nitrogens with zero attached hydrogens (tertiary/aromatic N) is 1. The van der Waals surface area contributed by atoms with Crippen molar-refractivity contribution >= 4 is 32.4 Å². The zero-order valence-electron chi connectivity index (χ0n) is 16.9. The summed E-state index contributed by atoms with van der Waals surface area (Å²) < 4.78 is 29.1. The Hall–Kier alpha value is -3.31. The van der Waals surface area contributed by atoms with Crippen LogP contribution in [0.15, 0.2) is 84.3 Å². The lowest BCUT2D eigenvalue weighted by Gasteiger charge is -2.33. The predicted molar refractivity (Wildman–Crippen MR) is 122 cm³/mol. The van der Waals surface area contributed by atoms with Crippen LogP contribution in [0.3, 0.4) is 0 Å². The normalized spacial score (nSPS) is 15.7. The highest BCUT2D eigenvalue weighted by molar-refractivity contribution is 7.93. The van der Waals surface area contributed by atoms with Crippen molar-refractivity contribution in [2.45, 2.75) is 24.7 Å². The van der Waals surface area contributed by atoms with Crippen molar-refractivity contribution in [2.24, 2.45) is 0 Å². The minimum atomic E-state index is -3.83. The third-order valence-corrected chi connectivity index (χ3v) is 7.50. The van der Waals surface area contributed by atoms with Gasteiger partial charge in [0, 0.05) is 22.4 Å². The molecule has 4 aromatic rings. The smallest absolute Gasteiger partial charge is 0.269 e. The standard InChI is InChI=1S/C25H22N2O2S/c1-4-19-20-7-5-6-8-23(20)27(30(28,29)18-12-9-16(2)10-13-18)25-24(19)21-14-11-17(3)15-22(21)26-25/h4-15,19,26H,1H2,2-3H3. The molecule has 1 aliphatic rings.